The minimum Gasteiger partial charge on any atom is -0.497 e. The number of ether oxygens (including phenoxy) is 5. The van der Waals surface area contributed by atoms with Crippen molar-refractivity contribution in [3.05, 3.63) is 52.8 Å². The Morgan fingerprint density at radius 1 is 1.07 bits per heavy atom. The van der Waals surface area contributed by atoms with E-state index in [0.717, 1.165) is 0 Å². The Morgan fingerprint density at radius 2 is 1.82 bits per heavy atom. The van der Waals surface area contributed by atoms with Crippen molar-refractivity contribution in [2.75, 3.05) is 27.9 Å². The SMILES string of the molecule is COCC(=O)Oc1ccc2c(c1C)O/C(=C\c1cc(OC)ccc1OC)C2=O. The number of esters is 1. The molecule has 7 heteroatoms. The van der Waals surface area contributed by atoms with Crippen LogP contribution >= 0.6 is 0 Å². The summed E-state index contributed by atoms with van der Waals surface area (Å²) < 4.78 is 26.4. The highest BCUT2D eigenvalue weighted by atomic mass is 16.6. The Bertz CT molecular complexity index is 959. The molecule has 0 amide bonds. The molecule has 146 valence electrons. The molecule has 3 rings (SSSR count). The van der Waals surface area contributed by atoms with Gasteiger partial charge in [-0.3, -0.25) is 4.79 Å². The van der Waals surface area contributed by atoms with Gasteiger partial charge in [-0.2, -0.15) is 0 Å². The van der Waals surface area contributed by atoms with Gasteiger partial charge >= 0.3 is 5.97 Å². The first-order valence-electron chi connectivity index (χ1n) is 8.48. The third kappa shape index (κ3) is 3.70. The van der Waals surface area contributed by atoms with E-state index in [1.54, 1.807) is 57.6 Å². The molecular weight excluding hydrogens is 364 g/mol. The van der Waals surface area contributed by atoms with Gasteiger partial charge in [0.1, 0.15) is 29.6 Å². The van der Waals surface area contributed by atoms with Crippen molar-refractivity contribution >= 4 is 17.8 Å². The standard InChI is InChI=1S/C21H20O7/c1-12-16(27-19(22)11-24-2)8-6-15-20(23)18(28-21(12)15)10-13-9-14(25-3)5-7-17(13)26-4/h5-10H,11H2,1-4H3/b18-10-. The highest BCUT2D eigenvalue weighted by Gasteiger charge is 2.30. The number of methoxy groups -OCH3 is 3. The third-order valence-corrected chi connectivity index (χ3v) is 4.25. The lowest BCUT2D eigenvalue weighted by molar-refractivity contribution is -0.138. The number of benzene rings is 2. The van der Waals surface area contributed by atoms with Crippen molar-refractivity contribution < 1.29 is 33.3 Å². The number of carbonyl (C=O) groups excluding carboxylic acids is 2. The van der Waals surface area contributed by atoms with Crippen molar-refractivity contribution in [1.29, 1.82) is 0 Å². The van der Waals surface area contributed by atoms with Crippen molar-refractivity contribution in [3.8, 4) is 23.0 Å². The molecular formula is C21H20O7. The van der Waals surface area contributed by atoms with Crippen LogP contribution in [0, 0.1) is 6.92 Å². The van der Waals surface area contributed by atoms with Crippen LogP contribution in [0.4, 0.5) is 0 Å². The summed E-state index contributed by atoms with van der Waals surface area (Å²) in [5.74, 6) is 1.22. The van der Waals surface area contributed by atoms with E-state index in [1.807, 2.05) is 0 Å². The van der Waals surface area contributed by atoms with Crippen molar-refractivity contribution in [1.82, 2.24) is 0 Å². The van der Waals surface area contributed by atoms with Crippen LogP contribution in [0.3, 0.4) is 0 Å². The fourth-order valence-electron chi connectivity index (χ4n) is 2.84. The van der Waals surface area contributed by atoms with E-state index in [4.69, 9.17) is 23.7 Å². The number of fused-ring (bicyclic) bond motifs is 1. The first-order valence-corrected chi connectivity index (χ1v) is 8.48. The van der Waals surface area contributed by atoms with Crippen LogP contribution in [0.1, 0.15) is 21.5 Å². The summed E-state index contributed by atoms with van der Waals surface area (Å²) in [5.41, 5.74) is 1.59. The number of Topliss-reactive ketones (excluding diaryl/α,β-unsaturated/α-hetero) is 1. The molecule has 2 aromatic carbocycles. The molecule has 1 aliphatic rings. The molecule has 0 saturated heterocycles. The van der Waals surface area contributed by atoms with Gasteiger partial charge in [-0.25, -0.2) is 4.79 Å². The lowest BCUT2D eigenvalue weighted by Gasteiger charge is -2.10. The molecule has 28 heavy (non-hydrogen) atoms. The Labute approximate surface area is 162 Å². The van der Waals surface area contributed by atoms with Gasteiger partial charge in [0.25, 0.3) is 0 Å². The first kappa shape index (κ1) is 19.4. The minimum atomic E-state index is -0.535. The number of ketones is 1. The fourth-order valence-corrected chi connectivity index (χ4v) is 2.84. The molecule has 0 atom stereocenters. The molecule has 0 spiro atoms. The van der Waals surface area contributed by atoms with Crippen LogP contribution in [0.15, 0.2) is 36.1 Å². The van der Waals surface area contributed by atoms with Gasteiger partial charge in [0.2, 0.25) is 5.78 Å². The van der Waals surface area contributed by atoms with E-state index in [2.05, 4.69) is 0 Å². The van der Waals surface area contributed by atoms with Crippen LogP contribution < -0.4 is 18.9 Å². The zero-order chi connectivity index (χ0) is 20.3. The Hall–Kier alpha value is -3.32. The predicted octanol–water partition coefficient (Wildman–Crippen LogP) is 3.18. The Kier molecular flexibility index (Phi) is 5.65. The summed E-state index contributed by atoms with van der Waals surface area (Å²) in [6.45, 7) is 1.55. The maximum atomic E-state index is 12.8. The van der Waals surface area contributed by atoms with Gasteiger partial charge in [0.15, 0.2) is 5.76 Å². The van der Waals surface area contributed by atoms with Crippen LogP contribution in [0.25, 0.3) is 6.08 Å². The molecule has 7 nitrogen and oxygen atoms in total. The summed E-state index contributed by atoms with van der Waals surface area (Å²) in [6, 6.07) is 8.40. The van der Waals surface area contributed by atoms with E-state index in [0.29, 0.717) is 39.7 Å². The Balaban J connectivity index is 1.95. The van der Waals surface area contributed by atoms with Crippen molar-refractivity contribution in [3.63, 3.8) is 0 Å². The summed E-state index contributed by atoms with van der Waals surface area (Å²) in [5, 5.41) is 0. The highest BCUT2D eigenvalue weighted by Crippen LogP contribution is 2.40. The lowest BCUT2D eigenvalue weighted by Crippen LogP contribution is -2.14. The van der Waals surface area contributed by atoms with E-state index in [1.165, 1.54) is 7.11 Å². The van der Waals surface area contributed by atoms with E-state index in [9.17, 15) is 9.59 Å². The number of hydrogen-bond acceptors (Lipinski definition) is 7. The van der Waals surface area contributed by atoms with E-state index >= 15 is 0 Å². The second-order valence-corrected chi connectivity index (χ2v) is 6.02. The maximum absolute atomic E-state index is 12.8. The molecule has 0 unspecified atom stereocenters. The molecule has 1 aliphatic heterocycles. The number of hydrogen-bond donors (Lipinski definition) is 0. The van der Waals surface area contributed by atoms with Gasteiger partial charge in [0.05, 0.1) is 19.8 Å². The van der Waals surface area contributed by atoms with Crippen LogP contribution in [0.2, 0.25) is 0 Å². The molecule has 0 bridgehead atoms. The average Bonchev–Trinajstić information content (AvgIpc) is 3.00. The zero-order valence-corrected chi connectivity index (χ0v) is 16.0. The van der Waals surface area contributed by atoms with E-state index in [-0.39, 0.29) is 18.1 Å². The molecule has 0 radical (unpaired) electrons. The quantitative estimate of drug-likeness (QED) is 0.430. The molecule has 0 aliphatic carbocycles. The second-order valence-electron chi connectivity index (χ2n) is 6.02. The molecule has 0 saturated carbocycles. The van der Waals surface area contributed by atoms with Gasteiger partial charge in [-0.15, -0.1) is 0 Å². The van der Waals surface area contributed by atoms with Crippen molar-refractivity contribution in [2.45, 2.75) is 6.92 Å². The molecule has 2 aromatic rings. The summed E-state index contributed by atoms with van der Waals surface area (Å²) >= 11 is 0. The smallest absolute Gasteiger partial charge is 0.337 e. The molecule has 0 fully saturated rings. The summed E-state index contributed by atoms with van der Waals surface area (Å²) in [7, 11) is 4.50. The van der Waals surface area contributed by atoms with Gasteiger partial charge in [-0.1, -0.05) is 0 Å². The highest BCUT2D eigenvalue weighted by molar-refractivity contribution is 6.15. The zero-order valence-electron chi connectivity index (χ0n) is 16.0. The maximum Gasteiger partial charge on any atom is 0.337 e. The largest absolute Gasteiger partial charge is 0.497 e. The monoisotopic (exact) mass is 384 g/mol. The Morgan fingerprint density at radius 3 is 2.50 bits per heavy atom. The third-order valence-electron chi connectivity index (χ3n) is 4.25. The predicted molar refractivity (Wildman–Crippen MR) is 101 cm³/mol. The molecule has 0 aromatic heterocycles. The van der Waals surface area contributed by atoms with Crippen LogP contribution in [-0.2, 0) is 9.53 Å². The number of rotatable bonds is 6. The molecule has 0 N–H and O–H groups in total. The van der Waals surface area contributed by atoms with Crippen molar-refractivity contribution in [2.24, 2.45) is 0 Å². The van der Waals surface area contributed by atoms with Gasteiger partial charge in [-0.05, 0) is 43.3 Å². The van der Waals surface area contributed by atoms with Crippen LogP contribution in [0.5, 0.6) is 23.0 Å². The normalized spacial score (nSPS) is 13.9. The van der Waals surface area contributed by atoms with E-state index < -0.39 is 5.97 Å². The fraction of sp³-hybridized carbons (Fsp3) is 0.238. The topological polar surface area (TPSA) is 80.3 Å². The first-order chi connectivity index (χ1) is 13.5. The lowest BCUT2D eigenvalue weighted by atomic mass is 10.1. The van der Waals surface area contributed by atoms with Crippen LogP contribution in [-0.4, -0.2) is 39.7 Å². The second kappa shape index (κ2) is 8.14. The summed E-state index contributed by atoms with van der Waals surface area (Å²) in [4.78, 5) is 24.4. The number of carbonyl (C=O) groups is 2. The molecule has 1 heterocycles. The number of allylic oxidation sites excluding steroid dienone is 1. The minimum absolute atomic E-state index is 0.144. The van der Waals surface area contributed by atoms with Gasteiger partial charge < -0.3 is 23.7 Å². The average molecular weight is 384 g/mol. The summed E-state index contributed by atoms with van der Waals surface area (Å²) in [6.07, 6.45) is 1.60. The van der Waals surface area contributed by atoms with Gasteiger partial charge in [0, 0.05) is 18.2 Å².